The Morgan fingerprint density at radius 3 is 2.51 bits per heavy atom. The topological polar surface area (TPSA) is 182 Å². The number of carbonyl (C=O) groups excluding carboxylic acids is 1. The molecular weight excluding hydrogens is 652 g/mol. The zero-order chi connectivity index (χ0) is 34.9. The molecule has 2 amide bonds. The van der Waals surface area contributed by atoms with E-state index in [9.17, 15) is 29.7 Å². The van der Waals surface area contributed by atoms with E-state index in [0.29, 0.717) is 40.8 Å². The third-order valence-corrected chi connectivity index (χ3v) is 8.09. The van der Waals surface area contributed by atoms with Gasteiger partial charge in [0.15, 0.2) is 0 Å². The number of phenols is 1. The van der Waals surface area contributed by atoms with Crippen molar-refractivity contribution in [1.82, 2.24) is 10.3 Å². The summed E-state index contributed by atoms with van der Waals surface area (Å²) in [4.78, 5) is 38.2. The first-order valence-electron chi connectivity index (χ1n) is 15.3. The van der Waals surface area contributed by atoms with E-state index < -0.39 is 18.3 Å². The van der Waals surface area contributed by atoms with E-state index in [1.54, 1.807) is 30.3 Å². The number of hydrogen-bond donors (Lipinski definition) is 7. The zero-order valence-corrected chi connectivity index (χ0v) is 27.2. The number of aliphatic hydroxyl groups excluding tert-OH is 1. The Kier molecular flexibility index (Phi) is 11.4. The number of hydrogen-bond acceptors (Lipinski definition) is 8. The van der Waals surface area contributed by atoms with Crippen LogP contribution in [0.3, 0.4) is 0 Å². The number of fused-ring (bicyclic) bond motifs is 1. The van der Waals surface area contributed by atoms with Crippen LogP contribution in [0.1, 0.15) is 29.2 Å². The standard InChI is InChI=1S/C36H35ClN4O8/c1-48-32-18-29(27(37)17-23(32)19-38-20-31(43)25-11-13-30(42)34-26(25)12-14-33(44)41-34)40-36(47)49-15-5-6-21-9-10-24(22-7-3-2-4-8-22)28(16-21)39-35(45)46/h2-4,7-14,16-18,31,38-39,42-43H,5-6,15,19-20H2,1H3,(H,40,47)(H,41,44)(H,45,46)/t31-/m1/s1. The number of phenolic OH excluding ortho intramolecular Hbond substituents is 1. The smallest absolute Gasteiger partial charge is 0.411 e. The summed E-state index contributed by atoms with van der Waals surface area (Å²) in [5.41, 5.74) is 4.37. The van der Waals surface area contributed by atoms with E-state index >= 15 is 0 Å². The van der Waals surface area contributed by atoms with Crippen LogP contribution in [0.2, 0.25) is 5.02 Å². The fourth-order valence-electron chi connectivity index (χ4n) is 5.44. The Morgan fingerprint density at radius 2 is 1.76 bits per heavy atom. The summed E-state index contributed by atoms with van der Waals surface area (Å²) >= 11 is 6.48. The number of aromatic amines is 1. The Labute approximate surface area is 286 Å². The van der Waals surface area contributed by atoms with Gasteiger partial charge in [0, 0.05) is 41.7 Å². The minimum atomic E-state index is -1.16. The summed E-state index contributed by atoms with van der Waals surface area (Å²) < 4.78 is 10.9. The van der Waals surface area contributed by atoms with Gasteiger partial charge < -0.3 is 35.1 Å². The first-order chi connectivity index (χ1) is 23.6. The molecule has 0 fully saturated rings. The van der Waals surface area contributed by atoms with Crippen LogP contribution in [0.25, 0.3) is 22.0 Å². The van der Waals surface area contributed by atoms with Crippen LogP contribution in [0.4, 0.5) is 21.0 Å². The summed E-state index contributed by atoms with van der Waals surface area (Å²) in [7, 11) is 1.48. The molecule has 1 aromatic heterocycles. The van der Waals surface area contributed by atoms with Crippen LogP contribution < -0.4 is 26.2 Å². The van der Waals surface area contributed by atoms with Gasteiger partial charge in [-0.3, -0.25) is 15.4 Å². The predicted molar refractivity (Wildman–Crippen MR) is 188 cm³/mol. The van der Waals surface area contributed by atoms with E-state index in [4.69, 9.17) is 21.1 Å². The van der Waals surface area contributed by atoms with Gasteiger partial charge in [-0.05, 0) is 53.8 Å². The summed E-state index contributed by atoms with van der Waals surface area (Å²) in [6.07, 6.45) is -1.77. The molecule has 12 nitrogen and oxygen atoms in total. The molecule has 1 heterocycles. The van der Waals surface area contributed by atoms with Crippen molar-refractivity contribution in [2.24, 2.45) is 0 Å². The fraction of sp³-hybridized carbons (Fsp3) is 0.194. The highest BCUT2D eigenvalue weighted by Gasteiger charge is 2.16. The van der Waals surface area contributed by atoms with Crippen molar-refractivity contribution in [2.75, 3.05) is 30.9 Å². The number of aryl methyl sites for hydroxylation is 1. The molecule has 0 aliphatic rings. The quantitative estimate of drug-likeness (QED) is 0.0666. The summed E-state index contributed by atoms with van der Waals surface area (Å²) in [6, 6.07) is 24.1. The van der Waals surface area contributed by atoms with Gasteiger partial charge in [0.2, 0.25) is 5.56 Å². The van der Waals surface area contributed by atoms with E-state index in [1.165, 1.54) is 19.2 Å². The van der Waals surface area contributed by atoms with Gasteiger partial charge >= 0.3 is 12.2 Å². The Balaban J connectivity index is 1.13. The molecule has 13 heteroatoms. The number of rotatable bonds is 13. The van der Waals surface area contributed by atoms with Crippen LogP contribution in [0.5, 0.6) is 11.5 Å². The maximum atomic E-state index is 12.6. The second-order valence-corrected chi connectivity index (χ2v) is 11.5. The number of halogens is 1. The average molecular weight is 687 g/mol. The molecule has 0 unspecified atom stereocenters. The molecular formula is C36H35ClN4O8. The van der Waals surface area contributed by atoms with Crippen molar-refractivity contribution in [3.05, 3.63) is 117 Å². The summed E-state index contributed by atoms with van der Waals surface area (Å²) in [5.74, 6) is 0.350. The number of H-pyrrole nitrogens is 1. The maximum Gasteiger partial charge on any atom is 0.411 e. The monoisotopic (exact) mass is 686 g/mol. The Bertz CT molecular complexity index is 2020. The van der Waals surface area contributed by atoms with Crippen molar-refractivity contribution in [3.8, 4) is 22.6 Å². The SMILES string of the molecule is COc1cc(NC(=O)OCCCc2ccc(-c3ccccc3)c(NC(=O)O)c2)c(Cl)cc1CNC[C@@H](O)c1ccc(O)c2[nH]c(=O)ccc12. The molecule has 0 aliphatic carbocycles. The molecule has 0 spiro atoms. The number of methoxy groups -OCH3 is 1. The van der Waals surface area contributed by atoms with Crippen molar-refractivity contribution in [3.63, 3.8) is 0 Å². The van der Waals surface area contributed by atoms with Crippen LogP contribution in [-0.4, -0.2) is 52.8 Å². The molecule has 7 N–H and O–H groups in total. The van der Waals surface area contributed by atoms with Crippen LogP contribution in [0.15, 0.2) is 89.7 Å². The largest absolute Gasteiger partial charge is 0.506 e. The van der Waals surface area contributed by atoms with Gasteiger partial charge in [-0.15, -0.1) is 0 Å². The van der Waals surface area contributed by atoms with Gasteiger partial charge in [0.1, 0.15) is 11.5 Å². The number of nitrogens with one attached hydrogen (secondary N) is 4. The van der Waals surface area contributed by atoms with E-state index in [-0.39, 0.29) is 47.2 Å². The molecule has 0 saturated carbocycles. The second-order valence-electron chi connectivity index (χ2n) is 11.1. The first kappa shape index (κ1) is 34.8. The lowest BCUT2D eigenvalue weighted by Gasteiger charge is -2.17. The predicted octanol–water partition coefficient (Wildman–Crippen LogP) is 6.66. The third-order valence-electron chi connectivity index (χ3n) is 7.78. The van der Waals surface area contributed by atoms with Crippen LogP contribution >= 0.6 is 11.6 Å². The Hall–Kier alpha value is -5.56. The molecule has 0 bridgehead atoms. The average Bonchev–Trinajstić information content (AvgIpc) is 3.08. The number of ether oxygens (including phenoxy) is 2. The molecule has 5 rings (SSSR count). The highest BCUT2D eigenvalue weighted by Crippen LogP contribution is 2.33. The number of anilines is 2. The van der Waals surface area contributed by atoms with Gasteiger partial charge in [-0.2, -0.15) is 0 Å². The normalized spacial score (nSPS) is 11.6. The van der Waals surface area contributed by atoms with E-state index in [2.05, 4.69) is 20.9 Å². The summed E-state index contributed by atoms with van der Waals surface area (Å²) in [5, 5.41) is 39.3. The van der Waals surface area contributed by atoms with Crippen molar-refractivity contribution >= 4 is 46.1 Å². The lowest BCUT2D eigenvalue weighted by molar-refractivity contribution is 0.160. The molecule has 0 radical (unpaired) electrons. The Morgan fingerprint density at radius 1 is 0.959 bits per heavy atom. The minimum absolute atomic E-state index is 0.0932. The number of pyridine rings is 1. The fourth-order valence-corrected chi connectivity index (χ4v) is 5.68. The number of aromatic hydroxyl groups is 1. The van der Waals surface area contributed by atoms with E-state index in [0.717, 1.165) is 16.7 Å². The molecule has 4 aromatic carbocycles. The van der Waals surface area contributed by atoms with Gasteiger partial charge in [0.05, 0.1) is 41.7 Å². The van der Waals surface area contributed by atoms with Crippen LogP contribution in [-0.2, 0) is 17.7 Å². The molecule has 1 atom stereocenters. The lowest BCUT2D eigenvalue weighted by atomic mass is 10.00. The number of carbonyl (C=O) groups is 2. The second kappa shape index (κ2) is 16.0. The van der Waals surface area contributed by atoms with Gasteiger partial charge in [-0.1, -0.05) is 60.1 Å². The lowest BCUT2D eigenvalue weighted by Crippen LogP contribution is -2.22. The van der Waals surface area contributed by atoms with Gasteiger partial charge in [0.25, 0.3) is 0 Å². The highest BCUT2D eigenvalue weighted by atomic mass is 35.5. The van der Waals surface area contributed by atoms with Crippen molar-refractivity contribution in [1.29, 1.82) is 0 Å². The van der Waals surface area contributed by atoms with Crippen molar-refractivity contribution < 1.29 is 34.4 Å². The van der Waals surface area contributed by atoms with Crippen molar-refractivity contribution in [2.45, 2.75) is 25.5 Å². The number of aliphatic hydroxyl groups is 1. The third kappa shape index (κ3) is 8.87. The number of benzene rings is 4. The van der Waals surface area contributed by atoms with E-state index in [1.807, 2.05) is 42.5 Å². The van der Waals surface area contributed by atoms with Crippen LogP contribution in [0, 0.1) is 0 Å². The maximum absolute atomic E-state index is 12.6. The number of aromatic nitrogens is 1. The minimum Gasteiger partial charge on any atom is -0.506 e. The summed E-state index contributed by atoms with van der Waals surface area (Å²) in [6.45, 7) is 0.521. The van der Waals surface area contributed by atoms with Gasteiger partial charge in [-0.25, -0.2) is 9.59 Å². The molecule has 0 saturated heterocycles. The molecule has 49 heavy (non-hydrogen) atoms. The first-order valence-corrected chi connectivity index (χ1v) is 15.7. The molecule has 254 valence electrons. The zero-order valence-electron chi connectivity index (χ0n) is 26.5. The molecule has 5 aromatic rings. The number of carboxylic acid groups (broad SMARTS) is 1. The molecule has 0 aliphatic heterocycles. The number of amides is 2. The highest BCUT2D eigenvalue weighted by molar-refractivity contribution is 6.33.